The first-order valence-corrected chi connectivity index (χ1v) is 9.98. The quantitative estimate of drug-likeness (QED) is 0.664. The molecule has 0 aromatic heterocycles. The van der Waals surface area contributed by atoms with Crippen molar-refractivity contribution in [2.45, 2.75) is 44.1 Å². The zero-order chi connectivity index (χ0) is 26.6. The van der Waals surface area contributed by atoms with Crippen LogP contribution in [-0.2, 0) is 33.2 Å². The largest absolute Gasteiger partial charge is 0.330 e. The molecule has 1 unspecified atom stereocenters. The fraction of sp³-hybridized carbons (Fsp3) is 0.304. The standard InChI is InChI=1S/C23H19ClF2N2O4/c24-16-5-3-15(4-6-16)23(25,26)19(29)9-2-13-1-7-17-14(11-13)12-28(22(17)32)18-8-10-20(30)27-21(18)31/h1,3-7,11,18H,2,8-10,12H2,(H,27,30,31)/i2D2,10D2. The maximum Gasteiger partial charge on any atom is 0.330 e. The van der Waals surface area contributed by atoms with Gasteiger partial charge in [-0.3, -0.25) is 24.5 Å². The van der Waals surface area contributed by atoms with Gasteiger partial charge in [0.05, 0.1) is 0 Å². The first-order valence-electron chi connectivity index (χ1n) is 11.6. The second kappa shape index (κ2) is 8.43. The van der Waals surface area contributed by atoms with E-state index in [0.29, 0.717) is 0 Å². The van der Waals surface area contributed by atoms with Crippen molar-refractivity contribution in [1.82, 2.24) is 10.2 Å². The molecular weight excluding hydrogens is 442 g/mol. The molecule has 2 aliphatic rings. The summed E-state index contributed by atoms with van der Waals surface area (Å²) >= 11 is 5.70. The van der Waals surface area contributed by atoms with Crippen LogP contribution in [0.3, 0.4) is 0 Å². The van der Waals surface area contributed by atoms with Gasteiger partial charge in [-0.1, -0.05) is 35.9 Å². The van der Waals surface area contributed by atoms with Crippen LogP contribution in [0, 0.1) is 0 Å². The average Bonchev–Trinajstić information content (AvgIpc) is 3.12. The molecule has 166 valence electrons. The van der Waals surface area contributed by atoms with Gasteiger partial charge in [-0.15, -0.1) is 0 Å². The number of carbonyl (C=O) groups is 4. The number of nitrogens with zero attached hydrogens (tertiary/aromatic N) is 1. The number of hydrogen-bond donors (Lipinski definition) is 1. The fourth-order valence-corrected chi connectivity index (χ4v) is 3.72. The van der Waals surface area contributed by atoms with Crippen molar-refractivity contribution in [3.63, 3.8) is 0 Å². The molecule has 0 bridgehead atoms. The number of Topliss-reactive ketones (excluding diaryl/α,β-unsaturated/α-hetero) is 1. The summed E-state index contributed by atoms with van der Waals surface area (Å²) in [7, 11) is 0. The van der Waals surface area contributed by atoms with E-state index in [-0.39, 0.29) is 28.3 Å². The van der Waals surface area contributed by atoms with Crippen LogP contribution >= 0.6 is 11.6 Å². The number of aryl methyl sites for hydroxylation is 1. The molecule has 0 radical (unpaired) electrons. The van der Waals surface area contributed by atoms with Crippen LogP contribution in [0.25, 0.3) is 0 Å². The number of nitrogens with one attached hydrogen (secondary N) is 1. The normalized spacial score (nSPS) is 22.4. The molecule has 6 nitrogen and oxygen atoms in total. The minimum absolute atomic E-state index is 0.116. The maximum atomic E-state index is 14.7. The lowest BCUT2D eigenvalue weighted by Gasteiger charge is -2.29. The number of fused-ring (bicyclic) bond motifs is 1. The molecule has 9 heteroatoms. The van der Waals surface area contributed by atoms with E-state index >= 15 is 0 Å². The van der Waals surface area contributed by atoms with Crippen LogP contribution in [0.2, 0.25) is 5.02 Å². The Morgan fingerprint density at radius 3 is 2.66 bits per heavy atom. The lowest BCUT2D eigenvalue weighted by atomic mass is 9.97. The Kier molecular flexibility index (Phi) is 4.59. The van der Waals surface area contributed by atoms with Crippen molar-refractivity contribution >= 4 is 35.1 Å². The van der Waals surface area contributed by atoms with Gasteiger partial charge in [-0.05, 0) is 42.1 Å². The molecule has 0 spiro atoms. The number of imide groups is 1. The minimum atomic E-state index is -3.95. The molecule has 32 heavy (non-hydrogen) atoms. The zero-order valence-corrected chi connectivity index (χ0v) is 17.2. The summed E-state index contributed by atoms with van der Waals surface area (Å²) in [6.45, 7) is -0.185. The molecule has 3 amide bonds. The number of halogens is 3. The van der Waals surface area contributed by atoms with Gasteiger partial charge in [0.15, 0.2) is 0 Å². The highest BCUT2D eigenvalue weighted by Crippen LogP contribution is 2.32. The number of carbonyl (C=O) groups excluding carboxylic acids is 4. The Labute approximate surface area is 193 Å². The van der Waals surface area contributed by atoms with Crippen LogP contribution in [0.15, 0.2) is 42.5 Å². The molecule has 1 atom stereocenters. The van der Waals surface area contributed by atoms with E-state index in [1.165, 1.54) is 30.3 Å². The molecule has 1 saturated heterocycles. The van der Waals surface area contributed by atoms with Crippen LogP contribution in [0.5, 0.6) is 0 Å². The van der Waals surface area contributed by atoms with Gasteiger partial charge >= 0.3 is 5.92 Å². The SMILES string of the molecule is [2H]C1([2H])CC(N2Cc3cc(C([2H])([2H])CC(=O)C(F)(F)c4ccc(Cl)cc4)ccc3C2=O)C(=O)NC1=O. The van der Waals surface area contributed by atoms with Gasteiger partial charge in [0.2, 0.25) is 17.6 Å². The van der Waals surface area contributed by atoms with Gasteiger partial charge in [0.1, 0.15) is 6.04 Å². The van der Waals surface area contributed by atoms with E-state index in [1.54, 1.807) is 0 Å². The molecule has 0 saturated carbocycles. The lowest BCUT2D eigenvalue weighted by molar-refractivity contribution is -0.144. The summed E-state index contributed by atoms with van der Waals surface area (Å²) in [5, 5.41) is 2.11. The molecule has 4 rings (SSSR count). The van der Waals surface area contributed by atoms with E-state index < -0.39 is 66.6 Å². The number of hydrogen-bond acceptors (Lipinski definition) is 4. The number of benzene rings is 2. The highest BCUT2D eigenvalue weighted by atomic mass is 35.5. The predicted octanol–water partition coefficient (Wildman–Crippen LogP) is 3.39. The fourth-order valence-electron chi connectivity index (χ4n) is 3.59. The Hall–Kier alpha value is -3.13. The van der Waals surface area contributed by atoms with Gasteiger partial charge in [-0.2, -0.15) is 8.78 Å². The van der Waals surface area contributed by atoms with E-state index in [9.17, 15) is 28.0 Å². The van der Waals surface area contributed by atoms with Gasteiger partial charge in [0, 0.05) is 41.0 Å². The molecule has 0 aliphatic carbocycles. The molecule has 1 fully saturated rings. The highest BCUT2D eigenvalue weighted by Gasteiger charge is 2.41. The second-order valence-electron chi connectivity index (χ2n) is 7.38. The van der Waals surface area contributed by atoms with Crippen LogP contribution in [-0.4, -0.2) is 34.4 Å². The highest BCUT2D eigenvalue weighted by molar-refractivity contribution is 6.30. The topological polar surface area (TPSA) is 83.6 Å². The number of amides is 3. The maximum absolute atomic E-state index is 14.7. The summed E-state index contributed by atoms with van der Waals surface area (Å²) in [6.07, 6.45) is -6.57. The number of rotatable bonds is 6. The Morgan fingerprint density at radius 2 is 1.94 bits per heavy atom. The summed E-state index contributed by atoms with van der Waals surface area (Å²) in [4.78, 5) is 50.3. The predicted molar refractivity (Wildman–Crippen MR) is 111 cm³/mol. The van der Waals surface area contributed by atoms with Crippen LogP contribution < -0.4 is 5.32 Å². The molecule has 2 heterocycles. The smallest absolute Gasteiger partial charge is 0.322 e. The monoisotopic (exact) mass is 464 g/mol. The first-order chi connectivity index (χ1) is 16.6. The van der Waals surface area contributed by atoms with Gasteiger partial charge in [0.25, 0.3) is 5.91 Å². The third-order valence-corrected chi connectivity index (χ3v) is 5.57. The molecule has 2 aliphatic heterocycles. The van der Waals surface area contributed by atoms with E-state index in [1.807, 2.05) is 5.32 Å². The third-order valence-electron chi connectivity index (χ3n) is 5.32. The van der Waals surface area contributed by atoms with Gasteiger partial charge in [-0.25, -0.2) is 0 Å². The van der Waals surface area contributed by atoms with Crippen molar-refractivity contribution in [2.24, 2.45) is 0 Å². The number of piperidine rings is 1. The molecule has 1 N–H and O–H groups in total. The number of alkyl halides is 2. The van der Waals surface area contributed by atoms with Crippen molar-refractivity contribution in [3.8, 4) is 0 Å². The lowest BCUT2D eigenvalue weighted by Crippen LogP contribution is -2.52. The van der Waals surface area contributed by atoms with Crippen molar-refractivity contribution in [1.29, 1.82) is 0 Å². The second-order valence-corrected chi connectivity index (χ2v) is 7.81. The van der Waals surface area contributed by atoms with Crippen LogP contribution in [0.1, 0.15) is 51.7 Å². The molecule has 2 aromatic carbocycles. The number of ketones is 1. The van der Waals surface area contributed by atoms with E-state index in [4.69, 9.17) is 17.1 Å². The van der Waals surface area contributed by atoms with Gasteiger partial charge < -0.3 is 4.90 Å². The Morgan fingerprint density at radius 1 is 1.22 bits per heavy atom. The summed E-state index contributed by atoms with van der Waals surface area (Å²) in [5.74, 6) is -8.14. The Balaban J connectivity index is 1.54. The third kappa shape index (κ3) is 4.14. The molecule has 2 aromatic rings. The first kappa shape index (κ1) is 17.4. The summed E-state index contributed by atoms with van der Waals surface area (Å²) < 4.78 is 61.4. The van der Waals surface area contributed by atoms with Crippen LogP contribution in [0.4, 0.5) is 8.78 Å². The minimum Gasteiger partial charge on any atom is -0.322 e. The van der Waals surface area contributed by atoms with Crippen molar-refractivity contribution < 1.29 is 33.4 Å². The average molecular weight is 465 g/mol. The Bertz CT molecular complexity index is 1290. The zero-order valence-electron chi connectivity index (χ0n) is 20.5. The molecular formula is C23H19ClF2N2O4. The van der Waals surface area contributed by atoms with E-state index in [2.05, 4.69) is 0 Å². The van der Waals surface area contributed by atoms with E-state index in [0.717, 1.165) is 17.0 Å². The summed E-state index contributed by atoms with van der Waals surface area (Å²) in [5.41, 5.74) is -0.331. The van der Waals surface area contributed by atoms with Crippen molar-refractivity contribution in [3.05, 3.63) is 69.7 Å². The summed E-state index contributed by atoms with van der Waals surface area (Å²) in [6, 6.07) is 6.85. The van der Waals surface area contributed by atoms with Crippen molar-refractivity contribution in [2.75, 3.05) is 0 Å².